The second kappa shape index (κ2) is 5.78. The van der Waals surface area contributed by atoms with E-state index in [1.54, 1.807) is 13.2 Å². The van der Waals surface area contributed by atoms with Gasteiger partial charge in [-0.3, -0.25) is 0 Å². The summed E-state index contributed by atoms with van der Waals surface area (Å²) in [6.07, 6.45) is 2.18. The van der Waals surface area contributed by atoms with Crippen LogP contribution in [0.5, 0.6) is 0 Å². The zero-order chi connectivity index (χ0) is 13.0. The van der Waals surface area contributed by atoms with Crippen LogP contribution in [0.15, 0.2) is 6.07 Å². The Morgan fingerprint density at radius 1 is 1.44 bits per heavy atom. The van der Waals surface area contributed by atoms with Crippen LogP contribution < -0.4 is 4.90 Å². The smallest absolute Gasteiger partial charge is 0.226 e. The molecule has 0 saturated carbocycles. The van der Waals surface area contributed by atoms with E-state index in [9.17, 15) is 0 Å². The van der Waals surface area contributed by atoms with Crippen molar-refractivity contribution in [3.05, 3.63) is 17.5 Å². The van der Waals surface area contributed by atoms with Gasteiger partial charge >= 0.3 is 0 Å². The van der Waals surface area contributed by atoms with Crippen molar-refractivity contribution in [3.63, 3.8) is 0 Å². The lowest BCUT2D eigenvalue weighted by Gasteiger charge is -2.31. The number of nitriles is 1. The lowest BCUT2D eigenvalue weighted by atomic mass is 9.98. The van der Waals surface area contributed by atoms with Crippen molar-refractivity contribution < 1.29 is 4.74 Å². The maximum Gasteiger partial charge on any atom is 0.226 e. The van der Waals surface area contributed by atoms with E-state index in [1.165, 1.54) is 0 Å². The topological polar surface area (TPSA) is 62.0 Å². The molecule has 18 heavy (non-hydrogen) atoms. The van der Waals surface area contributed by atoms with Crippen molar-refractivity contribution in [2.24, 2.45) is 5.92 Å². The van der Waals surface area contributed by atoms with Crippen LogP contribution in [-0.2, 0) is 4.74 Å². The zero-order valence-corrected chi connectivity index (χ0v) is 10.9. The molecule has 96 valence electrons. The highest BCUT2D eigenvalue weighted by molar-refractivity contribution is 5.36. The number of anilines is 1. The first kappa shape index (κ1) is 12.8. The average molecular weight is 246 g/mol. The number of aromatic nitrogens is 2. The summed E-state index contributed by atoms with van der Waals surface area (Å²) in [5.74, 6) is 1.31. The molecular weight excluding hydrogens is 228 g/mol. The first-order valence-electron chi connectivity index (χ1n) is 6.22. The predicted octanol–water partition coefficient (Wildman–Crippen LogP) is 1.52. The van der Waals surface area contributed by atoms with Crippen LogP contribution in [0.1, 0.15) is 24.2 Å². The SMILES string of the molecule is COCC1CCN(c2nc(C)cc(C#N)n2)CC1. The first-order chi connectivity index (χ1) is 8.72. The van der Waals surface area contributed by atoms with E-state index in [0.29, 0.717) is 17.6 Å². The fraction of sp³-hybridized carbons (Fsp3) is 0.615. The molecular formula is C13H18N4O. The summed E-state index contributed by atoms with van der Waals surface area (Å²) in [6, 6.07) is 3.79. The molecule has 1 aromatic rings. The second-order valence-corrected chi connectivity index (χ2v) is 4.69. The van der Waals surface area contributed by atoms with Gasteiger partial charge in [0.25, 0.3) is 0 Å². The number of rotatable bonds is 3. The third-order valence-corrected chi connectivity index (χ3v) is 3.26. The van der Waals surface area contributed by atoms with Crippen molar-refractivity contribution >= 4 is 5.95 Å². The van der Waals surface area contributed by atoms with Gasteiger partial charge in [-0.1, -0.05) is 0 Å². The number of ether oxygens (including phenoxy) is 1. The highest BCUT2D eigenvalue weighted by Crippen LogP contribution is 2.21. The summed E-state index contributed by atoms with van der Waals surface area (Å²) in [6.45, 7) is 4.58. The minimum absolute atomic E-state index is 0.441. The van der Waals surface area contributed by atoms with Gasteiger partial charge < -0.3 is 9.64 Å². The Morgan fingerprint density at radius 2 is 2.17 bits per heavy atom. The van der Waals surface area contributed by atoms with E-state index >= 15 is 0 Å². The predicted molar refractivity (Wildman–Crippen MR) is 68.3 cm³/mol. The molecule has 0 unspecified atom stereocenters. The van der Waals surface area contributed by atoms with E-state index in [1.807, 2.05) is 6.92 Å². The third-order valence-electron chi connectivity index (χ3n) is 3.26. The van der Waals surface area contributed by atoms with Gasteiger partial charge in [0.2, 0.25) is 5.95 Å². The lowest BCUT2D eigenvalue weighted by Crippen LogP contribution is -2.36. The van der Waals surface area contributed by atoms with Gasteiger partial charge in [0.1, 0.15) is 11.8 Å². The van der Waals surface area contributed by atoms with Gasteiger partial charge in [-0.05, 0) is 31.7 Å². The van der Waals surface area contributed by atoms with Crippen molar-refractivity contribution in [1.82, 2.24) is 9.97 Å². The molecule has 1 aliphatic rings. The molecule has 0 radical (unpaired) electrons. The highest BCUT2D eigenvalue weighted by Gasteiger charge is 2.21. The number of aryl methyl sites for hydroxylation is 1. The van der Waals surface area contributed by atoms with Gasteiger partial charge in [-0.25, -0.2) is 9.97 Å². The van der Waals surface area contributed by atoms with Gasteiger partial charge in [-0.15, -0.1) is 0 Å². The molecule has 1 aromatic heterocycles. The van der Waals surface area contributed by atoms with Crippen LogP contribution in [0.2, 0.25) is 0 Å². The van der Waals surface area contributed by atoms with E-state index in [2.05, 4.69) is 20.9 Å². The molecule has 1 fully saturated rings. The summed E-state index contributed by atoms with van der Waals surface area (Å²) < 4.78 is 5.19. The molecule has 0 aromatic carbocycles. The molecule has 2 heterocycles. The molecule has 2 rings (SSSR count). The van der Waals surface area contributed by atoms with Crippen LogP contribution in [-0.4, -0.2) is 36.8 Å². The van der Waals surface area contributed by atoms with Crippen LogP contribution in [0.3, 0.4) is 0 Å². The Hall–Kier alpha value is -1.67. The second-order valence-electron chi connectivity index (χ2n) is 4.69. The van der Waals surface area contributed by atoms with Crippen LogP contribution in [0.25, 0.3) is 0 Å². The molecule has 0 spiro atoms. The summed E-state index contributed by atoms with van der Waals surface area (Å²) in [7, 11) is 1.75. The Labute approximate surface area is 107 Å². The van der Waals surface area contributed by atoms with Gasteiger partial charge in [0, 0.05) is 32.5 Å². The molecule has 0 N–H and O–H groups in total. The number of hydrogen-bond acceptors (Lipinski definition) is 5. The summed E-state index contributed by atoms with van der Waals surface area (Å²) in [5.41, 5.74) is 1.28. The van der Waals surface area contributed by atoms with E-state index < -0.39 is 0 Å². The lowest BCUT2D eigenvalue weighted by molar-refractivity contribution is 0.139. The van der Waals surface area contributed by atoms with E-state index in [4.69, 9.17) is 10.00 Å². The summed E-state index contributed by atoms with van der Waals surface area (Å²) in [5, 5.41) is 8.92. The monoisotopic (exact) mass is 246 g/mol. The standard InChI is InChI=1S/C13H18N4O/c1-10-7-12(8-14)16-13(15-10)17-5-3-11(4-6-17)9-18-2/h7,11H,3-6,9H2,1-2H3. The van der Waals surface area contributed by atoms with E-state index in [0.717, 1.165) is 38.2 Å². The third kappa shape index (κ3) is 2.96. The number of methoxy groups -OCH3 is 1. The fourth-order valence-corrected chi connectivity index (χ4v) is 2.29. The minimum Gasteiger partial charge on any atom is -0.384 e. The van der Waals surface area contributed by atoms with Crippen LogP contribution in [0, 0.1) is 24.2 Å². The first-order valence-corrected chi connectivity index (χ1v) is 6.22. The summed E-state index contributed by atoms with van der Waals surface area (Å²) in [4.78, 5) is 10.8. The maximum absolute atomic E-state index is 8.92. The summed E-state index contributed by atoms with van der Waals surface area (Å²) >= 11 is 0. The Kier molecular flexibility index (Phi) is 4.11. The molecule has 0 bridgehead atoms. The number of piperidine rings is 1. The van der Waals surface area contributed by atoms with Gasteiger partial charge in [0.05, 0.1) is 0 Å². The highest BCUT2D eigenvalue weighted by atomic mass is 16.5. The van der Waals surface area contributed by atoms with Crippen molar-refractivity contribution in [2.75, 3.05) is 31.7 Å². The molecule has 0 atom stereocenters. The molecule has 0 aliphatic carbocycles. The van der Waals surface area contributed by atoms with Gasteiger partial charge in [0.15, 0.2) is 0 Å². The van der Waals surface area contributed by atoms with Crippen LogP contribution >= 0.6 is 0 Å². The minimum atomic E-state index is 0.441. The van der Waals surface area contributed by atoms with Crippen molar-refractivity contribution in [2.45, 2.75) is 19.8 Å². The molecule has 1 saturated heterocycles. The Morgan fingerprint density at radius 3 is 2.78 bits per heavy atom. The zero-order valence-electron chi connectivity index (χ0n) is 10.9. The van der Waals surface area contributed by atoms with E-state index in [-0.39, 0.29) is 0 Å². The maximum atomic E-state index is 8.92. The number of nitrogens with zero attached hydrogens (tertiary/aromatic N) is 4. The molecule has 1 aliphatic heterocycles. The Balaban J connectivity index is 2.05. The fourth-order valence-electron chi connectivity index (χ4n) is 2.29. The van der Waals surface area contributed by atoms with Crippen LogP contribution in [0.4, 0.5) is 5.95 Å². The van der Waals surface area contributed by atoms with Gasteiger partial charge in [-0.2, -0.15) is 5.26 Å². The number of hydrogen-bond donors (Lipinski definition) is 0. The quantitative estimate of drug-likeness (QED) is 0.809. The normalized spacial score (nSPS) is 16.6. The molecule has 5 heteroatoms. The van der Waals surface area contributed by atoms with Crippen molar-refractivity contribution in [3.8, 4) is 6.07 Å². The molecule has 5 nitrogen and oxygen atoms in total. The average Bonchev–Trinajstić information content (AvgIpc) is 2.39. The molecule has 0 amide bonds. The Bertz CT molecular complexity index is 447. The largest absolute Gasteiger partial charge is 0.384 e. The van der Waals surface area contributed by atoms with Crippen molar-refractivity contribution in [1.29, 1.82) is 5.26 Å².